The van der Waals surface area contributed by atoms with E-state index < -0.39 is 5.82 Å². The van der Waals surface area contributed by atoms with Crippen molar-refractivity contribution in [1.82, 2.24) is 15.3 Å². The fourth-order valence-electron chi connectivity index (χ4n) is 2.53. The van der Waals surface area contributed by atoms with Crippen molar-refractivity contribution in [3.05, 3.63) is 42.0 Å². The van der Waals surface area contributed by atoms with E-state index in [9.17, 15) is 9.18 Å². The van der Waals surface area contributed by atoms with Crippen LogP contribution in [-0.2, 0) is 4.79 Å². The van der Waals surface area contributed by atoms with Gasteiger partial charge in [-0.1, -0.05) is 6.07 Å². The number of carbonyl (C=O) groups excluding carboxylic acids is 1. The predicted octanol–water partition coefficient (Wildman–Crippen LogP) is 2.28. The summed E-state index contributed by atoms with van der Waals surface area (Å²) in [5, 5.41) is 6.06. The summed E-state index contributed by atoms with van der Waals surface area (Å²) in [6, 6.07) is 5.41. The van der Waals surface area contributed by atoms with Crippen molar-refractivity contribution in [2.75, 3.05) is 11.9 Å². The number of hydrogen-bond acceptors (Lipinski definition) is 4. The van der Waals surface area contributed by atoms with Crippen molar-refractivity contribution in [3.8, 4) is 11.4 Å². The SMILES string of the molecule is Cc1ccc(NC(=O)[C@H]2CCCN2)cc1-c1ncc(F)cn1. The fourth-order valence-corrected chi connectivity index (χ4v) is 2.53. The number of hydrogen-bond donors (Lipinski definition) is 2. The van der Waals surface area contributed by atoms with E-state index in [1.54, 1.807) is 0 Å². The number of aromatic nitrogens is 2. The minimum absolute atomic E-state index is 0.0349. The van der Waals surface area contributed by atoms with Crippen molar-refractivity contribution in [2.45, 2.75) is 25.8 Å². The van der Waals surface area contributed by atoms with Gasteiger partial charge in [0.25, 0.3) is 0 Å². The molecule has 1 saturated heterocycles. The van der Waals surface area contributed by atoms with E-state index in [2.05, 4.69) is 20.6 Å². The average Bonchev–Trinajstić information content (AvgIpc) is 3.05. The number of amides is 1. The van der Waals surface area contributed by atoms with E-state index in [4.69, 9.17) is 0 Å². The summed E-state index contributed by atoms with van der Waals surface area (Å²) in [7, 11) is 0. The number of anilines is 1. The molecule has 1 aromatic heterocycles. The molecule has 1 fully saturated rings. The van der Waals surface area contributed by atoms with E-state index in [1.165, 1.54) is 0 Å². The van der Waals surface area contributed by atoms with Crippen molar-refractivity contribution in [1.29, 1.82) is 0 Å². The molecule has 0 saturated carbocycles. The first-order valence-corrected chi connectivity index (χ1v) is 7.26. The number of halogens is 1. The van der Waals surface area contributed by atoms with Gasteiger partial charge < -0.3 is 10.6 Å². The predicted molar refractivity (Wildman–Crippen MR) is 81.8 cm³/mol. The molecule has 1 atom stereocenters. The largest absolute Gasteiger partial charge is 0.325 e. The molecule has 1 aromatic carbocycles. The van der Waals surface area contributed by atoms with Gasteiger partial charge in [0, 0.05) is 11.3 Å². The number of aryl methyl sites for hydroxylation is 1. The molecule has 0 radical (unpaired) electrons. The van der Waals surface area contributed by atoms with Crippen LogP contribution in [-0.4, -0.2) is 28.5 Å². The molecule has 114 valence electrons. The molecule has 0 unspecified atom stereocenters. The smallest absolute Gasteiger partial charge is 0.241 e. The molecule has 22 heavy (non-hydrogen) atoms. The van der Waals surface area contributed by atoms with Gasteiger partial charge in [-0.25, -0.2) is 14.4 Å². The lowest BCUT2D eigenvalue weighted by Gasteiger charge is -2.13. The molecule has 5 nitrogen and oxygen atoms in total. The first kappa shape index (κ1) is 14.6. The average molecular weight is 300 g/mol. The topological polar surface area (TPSA) is 66.9 Å². The Morgan fingerprint density at radius 3 is 2.82 bits per heavy atom. The quantitative estimate of drug-likeness (QED) is 0.912. The van der Waals surface area contributed by atoms with Crippen LogP contribution in [0.15, 0.2) is 30.6 Å². The summed E-state index contributed by atoms with van der Waals surface area (Å²) >= 11 is 0. The van der Waals surface area contributed by atoms with E-state index in [0.29, 0.717) is 11.5 Å². The molecule has 0 spiro atoms. The van der Waals surface area contributed by atoms with Crippen molar-refractivity contribution < 1.29 is 9.18 Å². The maximum Gasteiger partial charge on any atom is 0.241 e. The van der Waals surface area contributed by atoms with E-state index in [1.807, 2.05) is 25.1 Å². The zero-order valence-electron chi connectivity index (χ0n) is 12.3. The van der Waals surface area contributed by atoms with Crippen LogP contribution < -0.4 is 10.6 Å². The maximum atomic E-state index is 12.9. The van der Waals surface area contributed by atoms with E-state index >= 15 is 0 Å². The monoisotopic (exact) mass is 300 g/mol. The van der Waals surface area contributed by atoms with Crippen molar-refractivity contribution >= 4 is 11.6 Å². The molecule has 2 N–H and O–H groups in total. The van der Waals surface area contributed by atoms with Crippen LogP contribution in [0.4, 0.5) is 10.1 Å². The molecule has 0 bridgehead atoms. The van der Waals surface area contributed by atoms with E-state index in [0.717, 1.165) is 42.9 Å². The minimum atomic E-state index is -0.474. The molecular weight excluding hydrogens is 283 g/mol. The van der Waals surface area contributed by atoms with Gasteiger partial charge in [-0.2, -0.15) is 0 Å². The Labute approximate surface area is 128 Å². The zero-order valence-corrected chi connectivity index (χ0v) is 12.3. The third-order valence-corrected chi connectivity index (χ3v) is 3.74. The fraction of sp³-hybridized carbons (Fsp3) is 0.312. The zero-order chi connectivity index (χ0) is 15.5. The van der Waals surface area contributed by atoms with Crippen LogP contribution in [0.3, 0.4) is 0 Å². The van der Waals surface area contributed by atoms with E-state index in [-0.39, 0.29) is 11.9 Å². The first-order valence-electron chi connectivity index (χ1n) is 7.26. The number of rotatable bonds is 3. The highest BCUT2D eigenvalue weighted by Gasteiger charge is 2.22. The number of nitrogens with one attached hydrogen (secondary N) is 2. The van der Waals surface area contributed by atoms with Gasteiger partial charge in [0.15, 0.2) is 11.6 Å². The number of benzene rings is 1. The third kappa shape index (κ3) is 3.12. The third-order valence-electron chi connectivity index (χ3n) is 3.74. The molecule has 2 aromatic rings. The molecule has 6 heteroatoms. The van der Waals surface area contributed by atoms with Gasteiger partial charge in [-0.15, -0.1) is 0 Å². The molecule has 3 rings (SSSR count). The Balaban J connectivity index is 1.83. The Kier molecular flexibility index (Phi) is 4.11. The second-order valence-electron chi connectivity index (χ2n) is 5.39. The van der Waals surface area contributed by atoms with Crippen LogP contribution in [0, 0.1) is 12.7 Å². The molecule has 1 amide bonds. The van der Waals surface area contributed by atoms with Crippen LogP contribution in [0.25, 0.3) is 11.4 Å². The van der Waals surface area contributed by atoms with Gasteiger partial charge in [0.2, 0.25) is 5.91 Å². The first-order chi connectivity index (χ1) is 10.6. The lowest BCUT2D eigenvalue weighted by Crippen LogP contribution is -2.35. The van der Waals surface area contributed by atoms with Crippen LogP contribution in [0.5, 0.6) is 0 Å². The van der Waals surface area contributed by atoms with Crippen LogP contribution in [0.2, 0.25) is 0 Å². The summed E-state index contributed by atoms with van der Waals surface area (Å²) in [4.78, 5) is 20.1. The molecule has 0 aliphatic carbocycles. The second kappa shape index (κ2) is 6.19. The van der Waals surface area contributed by atoms with Gasteiger partial charge >= 0.3 is 0 Å². The summed E-state index contributed by atoms with van der Waals surface area (Å²) in [5.41, 5.74) is 2.42. The standard InChI is InChI=1S/C16H17FN4O/c1-10-4-5-12(21-16(22)14-3-2-6-18-14)7-13(10)15-19-8-11(17)9-20-15/h4-5,7-9,14,18H,2-3,6H2,1H3,(H,21,22)/t14-/m1/s1. The lowest BCUT2D eigenvalue weighted by atomic mass is 10.1. The highest BCUT2D eigenvalue weighted by atomic mass is 19.1. The Morgan fingerprint density at radius 1 is 1.36 bits per heavy atom. The number of nitrogens with zero attached hydrogens (tertiary/aromatic N) is 2. The molecule has 1 aliphatic rings. The highest BCUT2D eigenvalue weighted by Crippen LogP contribution is 2.24. The minimum Gasteiger partial charge on any atom is -0.325 e. The molecular formula is C16H17FN4O. The number of carbonyl (C=O) groups is 1. The van der Waals surface area contributed by atoms with Crippen LogP contribution >= 0.6 is 0 Å². The summed E-state index contributed by atoms with van der Waals surface area (Å²) < 4.78 is 12.9. The summed E-state index contributed by atoms with van der Waals surface area (Å²) in [6.45, 7) is 2.80. The van der Waals surface area contributed by atoms with Crippen molar-refractivity contribution in [3.63, 3.8) is 0 Å². The Morgan fingerprint density at radius 2 is 2.14 bits per heavy atom. The van der Waals surface area contributed by atoms with Crippen LogP contribution in [0.1, 0.15) is 18.4 Å². The van der Waals surface area contributed by atoms with Gasteiger partial charge in [0.1, 0.15) is 0 Å². The Bertz CT molecular complexity index is 681. The lowest BCUT2D eigenvalue weighted by molar-refractivity contribution is -0.117. The summed E-state index contributed by atoms with van der Waals surface area (Å²) in [6.07, 6.45) is 4.14. The Hall–Kier alpha value is -2.34. The van der Waals surface area contributed by atoms with Gasteiger partial charge in [-0.3, -0.25) is 4.79 Å². The summed E-state index contributed by atoms with van der Waals surface area (Å²) in [5.74, 6) is -0.0699. The highest BCUT2D eigenvalue weighted by molar-refractivity contribution is 5.95. The normalized spacial score (nSPS) is 17.5. The maximum absolute atomic E-state index is 12.9. The van der Waals surface area contributed by atoms with Crippen molar-refractivity contribution in [2.24, 2.45) is 0 Å². The van der Waals surface area contributed by atoms with Gasteiger partial charge in [0.05, 0.1) is 18.4 Å². The molecule has 2 heterocycles. The molecule has 1 aliphatic heterocycles. The second-order valence-corrected chi connectivity index (χ2v) is 5.39. The van der Waals surface area contributed by atoms with Gasteiger partial charge in [-0.05, 0) is 44.0 Å².